The molecule has 0 aromatic heterocycles. The molecule has 9 rings (SSSR count). The van der Waals surface area contributed by atoms with Crippen LogP contribution < -0.4 is 9.80 Å². The normalized spacial score (nSPS) is 12.7. The van der Waals surface area contributed by atoms with Gasteiger partial charge < -0.3 is 9.80 Å². The van der Waals surface area contributed by atoms with Crippen LogP contribution in [0.5, 0.6) is 0 Å². The van der Waals surface area contributed by atoms with Crippen LogP contribution in [0, 0.1) is 13.8 Å². The molecule has 0 saturated heterocycles. The van der Waals surface area contributed by atoms with Gasteiger partial charge in [-0.05, 0) is 144 Å². The zero-order valence-electron chi connectivity index (χ0n) is 35.6. The van der Waals surface area contributed by atoms with Gasteiger partial charge in [-0.1, -0.05) is 171 Å². The highest BCUT2D eigenvalue weighted by atomic mass is 15.1. The highest BCUT2D eigenvalue weighted by Crippen LogP contribution is 2.55. The fourth-order valence-corrected chi connectivity index (χ4v) is 9.03. The highest BCUT2D eigenvalue weighted by Gasteiger charge is 2.41. The molecule has 0 fully saturated rings. The molecular formula is C59H52N2. The van der Waals surface area contributed by atoms with Gasteiger partial charge in [-0.25, -0.2) is 0 Å². The quantitative estimate of drug-likeness (QED) is 0.114. The molecule has 298 valence electrons. The van der Waals surface area contributed by atoms with Crippen molar-refractivity contribution in [2.45, 2.75) is 46.0 Å². The third-order valence-electron chi connectivity index (χ3n) is 12.5. The van der Waals surface area contributed by atoms with Crippen LogP contribution in [0.15, 0.2) is 194 Å². The number of anilines is 6. The molecule has 0 saturated carbocycles. The number of hydrogen-bond acceptors (Lipinski definition) is 2. The maximum Gasteiger partial charge on any atom is 0.0465 e. The van der Waals surface area contributed by atoms with Crippen molar-refractivity contribution in [1.29, 1.82) is 0 Å². The molecule has 0 bridgehead atoms. The summed E-state index contributed by atoms with van der Waals surface area (Å²) in [5, 5.41) is 0. The van der Waals surface area contributed by atoms with Crippen LogP contribution in [-0.4, -0.2) is 0 Å². The van der Waals surface area contributed by atoms with Gasteiger partial charge in [0.15, 0.2) is 0 Å². The van der Waals surface area contributed by atoms with Gasteiger partial charge in [-0.3, -0.25) is 0 Å². The lowest BCUT2D eigenvalue weighted by molar-refractivity contribution is 0.490. The second-order valence-electron chi connectivity index (χ2n) is 16.3. The molecule has 0 atom stereocenters. The predicted octanol–water partition coefficient (Wildman–Crippen LogP) is 16.7. The standard InChI is InChI=1S/C59H52N2/c1-5-59(6-2)57-41-53(60(49-29-17-43(3)18-30-49)51-33-25-47(26-34-51)23-21-45-13-9-7-10-14-45)37-39-55(57)56-40-38-54(42-58(56)59)61(50-31-19-44(4)20-32-50)52-35-27-48(28-36-52)24-22-46-15-11-8-12-16-46/h7-42H,5-6H2,1-4H3/b23-21+,24-22+. The number of rotatable bonds is 12. The Morgan fingerprint density at radius 3 is 0.967 bits per heavy atom. The summed E-state index contributed by atoms with van der Waals surface area (Å²) in [5.41, 5.74) is 19.4. The van der Waals surface area contributed by atoms with Gasteiger partial charge >= 0.3 is 0 Å². The van der Waals surface area contributed by atoms with Crippen LogP contribution in [-0.2, 0) is 5.41 Å². The number of hydrogen-bond donors (Lipinski definition) is 0. The van der Waals surface area contributed by atoms with Crippen molar-refractivity contribution in [3.8, 4) is 11.1 Å². The van der Waals surface area contributed by atoms with E-state index in [0.29, 0.717) is 0 Å². The van der Waals surface area contributed by atoms with E-state index in [-0.39, 0.29) is 5.41 Å². The van der Waals surface area contributed by atoms with E-state index in [1.165, 1.54) is 55.6 Å². The molecular weight excluding hydrogens is 737 g/mol. The first-order valence-corrected chi connectivity index (χ1v) is 21.6. The van der Waals surface area contributed by atoms with Crippen molar-refractivity contribution in [2.75, 3.05) is 9.80 Å². The predicted molar refractivity (Wildman–Crippen MR) is 263 cm³/mol. The smallest absolute Gasteiger partial charge is 0.0465 e. The molecule has 2 nitrogen and oxygen atoms in total. The molecule has 0 N–H and O–H groups in total. The molecule has 1 aliphatic rings. The maximum absolute atomic E-state index is 2.48. The average Bonchev–Trinajstić information content (AvgIpc) is 3.59. The Morgan fingerprint density at radius 1 is 0.344 bits per heavy atom. The van der Waals surface area contributed by atoms with E-state index in [9.17, 15) is 0 Å². The fraction of sp³-hybridized carbons (Fsp3) is 0.119. The van der Waals surface area contributed by atoms with E-state index in [2.05, 4.69) is 256 Å². The van der Waals surface area contributed by atoms with E-state index in [0.717, 1.165) is 47.0 Å². The van der Waals surface area contributed by atoms with E-state index in [1.54, 1.807) is 0 Å². The number of nitrogens with zero attached hydrogens (tertiary/aromatic N) is 2. The summed E-state index contributed by atoms with van der Waals surface area (Å²) in [6.45, 7) is 9.03. The summed E-state index contributed by atoms with van der Waals surface area (Å²) >= 11 is 0. The van der Waals surface area contributed by atoms with Crippen molar-refractivity contribution < 1.29 is 0 Å². The molecule has 8 aromatic rings. The summed E-state index contributed by atoms with van der Waals surface area (Å²) < 4.78 is 0. The van der Waals surface area contributed by atoms with Gasteiger partial charge in [-0.2, -0.15) is 0 Å². The van der Waals surface area contributed by atoms with Gasteiger partial charge in [0, 0.05) is 39.5 Å². The lowest BCUT2D eigenvalue weighted by atomic mass is 9.73. The van der Waals surface area contributed by atoms with Crippen LogP contribution >= 0.6 is 0 Å². The van der Waals surface area contributed by atoms with Gasteiger partial charge in [0.05, 0.1) is 0 Å². The van der Waals surface area contributed by atoms with Crippen molar-refractivity contribution in [3.63, 3.8) is 0 Å². The average molecular weight is 789 g/mol. The number of fused-ring (bicyclic) bond motifs is 3. The minimum atomic E-state index is -0.146. The summed E-state index contributed by atoms with van der Waals surface area (Å²) in [5.74, 6) is 0. The zero-order valence-corrected chi connectivity index (χ0v) is 35.6. The third kappa shape index (κ3) is 7.98. The second-order valence-corrected chi connectivity index (χ2v) is 16.3. The molecule has 0 unspecified atom stereocenters. The zero-order chi connectivity index (χ0) is 41.8. The van der Waals surface area contributed by atoms with Crippen LogP contribution in [0.3, 0.4) is 0 Å². The Bertz CT molecular complexity index is 2600. The first kappa shape index (κ1) is 39.3. The van der Waals surface area contributed by atoms with Crippen LogP contribution in [0.4, 0.5) is 34.1 Å². The largest absolute Gasteiger partial charge is 0.310 e. The van der Waals surface area contributed by atoms with E-state index in [1.807, 2.05) is 0 Å². The molecule has 1 aliphatic carbocycles. The summed E-state index contributed by atoms with van der Waals surface area (Å²) in [4.78, 5) is 4.82. The third-order valence-corrected chi connectivity index (χ3v) is 12.5. The van der Waals surface area contributed by atoms with Crippen molar-refractivity contribution >= 4 is 58.4 Å². The van der Waals surface area contributed by atoms with E-state index < -0.39 is 0 Å². The first-order chi connectivity index (χ1) is 29.9. The monoisotopic (exact) mass is 788 g/mol. The Morgan fingerprint density at radius 2 is 0.639 bits per heavy atom. The Balaban J connectivity index is 1.09. The lowest BCUT2D eigenvalue weighted by Gasteiger charge is -2.33. The number of benzene rings is 8. The van der Waals surface area contributed by atoms with Crippen molar-refractivity contribution in [3.05, 3.63) is 239 Å². The molecule has 0 heterocycles. The van der Waals surface area contributed by atoms with Crippen LogP contribution in [0.25, 0.3) is 35.4 Å². The Kier molecular flexibility index (Phi) is 11.1. The van der Waals surface area contributed by atoms with Crippen molar-refractivity contribution in [2.24, 2.45) is 0 Å². The van der Waals surface area contributed by atoms with E-state index in [4.69, 9.17) is 0 Å². The molecule has 0 spiro atoms. The van der Waals surface area contributed by atoms with Crippen LogP contribution in [0.2, 0.25) is 0 Å². The topological polar surface area (TPSA) is 6.48 Å². The first-order valence-electron chi connectivity index (χ1n) is 21.6. The van der Waals surface area contributed by atoms with E-state index >= 15 is 0 Å². The molecule has 2 heteroatoms. The number of aryl methyl sites for hydroxylation is 2. The minimum absolute atomic E-state index is 0.146. The molecule has 61 heavy (non-hydrogen) atoms. The van der Waals surface area contributed by atoms with Crippen molar-refractivity contribution in [1.82, 2.24) is 0 Å². The van der Waals surface area contributed by atoms with Crippen LogP contribution in [0.1, 0.15) is 71.2 Å². The van der Waals surface area contributed by atoms with Gasteiger partial charge in [-0.15, -0.1) is 0 Å². The minimum Gasteiger partial charge on any atom is -0.310 e. The maximum atomic E-state index is 2.48. The molecule has 0 aliphatic heterocycles. The molecule has 0 radical (unpaired) electrons. The summed E-state index contributed by atoms with van der Waals surface area (Å²) in [6.07, 6.45) is 10.7. The Labute approximate surface area is 362 Å². The SMILES string of the molecule is CCC1(CC)c2cc(N(c3ccc(C)cc3)c3ccc(/C=C/c4ccccc4)cc3)ccc2-c2ccc(N(c3ccc(C)cc3)c3ccc(/C=C/c4ccccc4)cc3)cc21. The Hall–Kier alpha value is -7.16. The molecule has 0 amide bonds. The highest BCUT2D eigenvalue weighted by molar-refractivity contribution is 5.89. The second kappa shape index (κ2) is 17.2. The van der Waals surface area contributed by atoms with Gasteiger partial charge in [0.1, 0.15) is 0 Å². The summed E-state index contributed by atoms with van der Waals surface area (Å²) in [7, 11) is 0. The summed E-state index contributed by atoms with van der Waals surface area (Å²) in [6, 6.07) is 70.9. The van der Waals surface area contributed by atoms with Gasteiger partial charge in [0.2, 0.25) is 0 Å². The fourth-order valence-electron chi connectivity index (χ4n) is 9.03. The van der Waals surface area contributed by atoms with Gasteiger partial charge in [0.25, 0.3) is 0 Å². The molecule has 8 aromatic carbocycles. The lowest BCUT2D eigenvalue weighted by Crippen LogP contribution is -2.24.